The summed E-state index contributed by atoms with van der Waals surface area (Å²) in [5, 5.41) is 3.36. The highest BCUT2D eigenvalue weighted by atomic mass is 79.9. The lowest BCUT2D eigenvalue weighted by atomic mass is 10.4. The van der Waals surface area contributed by atoms with Gasteiger partial charge in [-0.2, -0.15) is 18.6 Å². The molecule has 0 atom stereocenters. The maximum absolute atomic E-state index is 12.2. The van der Waals surface area contributed by atoms with Crippen molar-refractivity contribution in [2.75, 3.05) is 7.11 Å². The van der Waals surface area contributed by atoms with Crippen LogP contribution in [0.15, 0.2) is 10.7 Å². The van der Waals surface area contributed by atoms with Crippen molar-refractivity contribution in [3.05, 3.63) is 16.4 Å². The van der Waals surface area contributed by atoms with Gasteiger partial charge in [-0.3, -0.25) is 0 Å². The van der Waals surface area contributed by atoms with E-state index in [1.54, 1.807) is 0 Å². The van der Waals surface area contributed by atoms with Crippen molar-refractivity contribution in [1.82, 2.24) is 9.78 Å². The lowest BCUT2D eigenvalue weighted by molar-refractivity contribution is 0.0396. The van der Waals surface area contributed by atoms with E-state index in [-0.39, 0.29) is 15.0 Å². The second kappa shape index (κ2) is 3.82. The van der Waals surface area contributed by atoms with Crippen molar-refractivity contribution in [2.24, 2.45) is 0 Å². The number of aromatic nitrogens is 2. The van der Waals surface area contributed by atoms with Crippen LogP contribution in [0.2, 0.25) is 0 Å². The minimum Gasteiger partial charge on any atom is -0.464 e. The van der Waals surface area contributed by atoms with Crippen LogP contribution in [0.5, 0.6) is 0 Å². The summed E-state index contributed by atoms with van der Waals surface area (Å²) in [4.78, 5) is 10.9. The molecule has 0 amide bonds. The van der Waals surface area contributed by atoms with E-state index in [2.05, 4.69) is 25.8 Å². The van der Waals surface area contributed by atoms with Gasteiger partial charge in [0, 0.05) is 6.07 Å². The maximum Gasteiger partial charge on any atom is 0.356 e. The predicted octanol–water partition coefficient (Wildman–Crippen LogP) is 1.83. The Bertz CT molecular complexity index is 326. The normalized spacial score (nSPS) is 10.5. The Labute approximate surface area is 80.6 Å². The number of hydrogen-bond acceptors (Lipinski definition) is 3. The molecule has 0 aliphatic carbocycles. The zero-order valence-electron chi connectivity index (χ0n) is 6.50. The standard InChI is InChI=1S/C6H5BrF2N2O2/c1-13-5(12)3-2-4(7)10-11(3)6(8)9/h2,6H,1H3. The zero-order chi connectivity index (χ0) is 10.0. The summed E-state index contributed by atoms with van der Waals surface area (Å²) in [6.07, 6.45) is 0. The molecule has 0 fully saturated rings. The van der Waals surface area contributed by atoms with Gasteiger partial charge in [0.2, 0.25) is 0 Å². The quantitative estimate of drug-likeness (QED) is 0.757. The molecular formula is C6H5BrF2N2O2. The minimum atomic E-state index is -2.86. The molecule has 72 valence electrons. The van der Waals surface area contributed by atoms with Crippen molar-refractivity contribution in [3.8, 4) is 0 Å². The van der Waals surface area contributed by atoms with Crippen molar-refractivity contribution in [3.63, 3.8) is 0 Å². The molecule has 0 aliphatic rings. The zero-order valence-corrected chi connectivity index (χ0v) is 8.09. The number of nitrogens with zero attached hydrogens (tertiary/aromatic N) is 2. The maximum atomic E-state index is 12.2. The van der Waals surface area contributed by atoms with E-state index in [1.165, 1.54) is 0 Å². The summed E-state index contributed by atoms with van der Waals surface area (Å²) in [5.41, 5.74) is -0.288. The largest absolute Gasteiger partial charge is 0.464 e. The third kappa shape index (κ3) is 2.03. The average molecular weight is 255 g/mol. The van der Waals surface area contributed by atoms with E-state index >= 15 is 0 Å². The van der Waals surface area contributed by atoms with Crippen molar-refractivity contribution in [1.29, 1.82) is 0 Å². The molecule has 0 radical (unpaired) electrons. The predicted molar refractivity (Wildman–Crippen MR) is 42.5 cm³/mol. The SMILES string of the molecule is COC(=O)c1cc(Br)nn1C(F)F. The van der Waals surface area contributed by atoms with Crippen molar-refractivity contribution in [2.45, 2.75) is 6.55 Å². The van der Waals surface area contributed by atoms with Crippen LogP contribution in [0.1, 0.15) is 17.0 Å². The lowest BCUT2D eigenvalue weighted by Gasteiger charge is -2.02. The monoisotopic (exact) mass is 254 g/mol. The summed E-state index contributed by atoms with van der Waals surface area (Å²) < 4.78 is 29.2. The molecule has 1 aromatic heterocycles. The van der Waals surface area contributed by atoms with Crippen LogP contribution < -0.4 is 0 Å². The smallest absolute Gasteiger partial charge is 0.356 e. The van der Waals surface area contributed by atoms with Crippen LogP contribution in [0, 0.1) is 0 Å². The Hall–Kier alpha value is -0.980. The number of methoxy groups -OCH3 is 1. The number of rotatable bonds is 2. The molecule has 0 unspecified atom stereocenters. The number of alkyl halides is 2. The van der Waals surface area contributed by atoms with Gasteiger partial charge in [0.25, 0.3) is 0 Å². The van der Waals surface area contributed by atoms with E-state index in [1.807, 2.05) is 0 Å². The van der Waals surface area contributed by atoms with Crippen LogP contribution in [0.3, 0.4) is 0 Å². The van der Waals surface area contributed by atoms with Gasteiger partial charge in [0.15, 0.2) is 5.69 Å². The van der Waals surface area contributed by atoms with Gasteiger partial charge < -0.3 is 4.74 Å². The molecule has 0 aliphatic heterocycles. The second-order valence-corrected chi connectivity index (χ2v) is 2.88. The van der Waals surface area contributed by atoms with E-state index < -0.39 is 12.5 Å². The first-order valence-corrected chi connectivity index (χ1v) is 3.97. The molecule has 7 heteroatoms. The molecule has 0 N–H and O–H groups in total. The van der Waals surface area contributed by atoms with Crippen LogP contribution in [0.25, 0.3) is 0 Å². The molecule has 13 heavy (non-hydrogen) atoms. The summed E-state index contributed by atoms with van der Waals surface area (Å²) >= 11 is 2.88. The molecule has 0 aromatic carbocycles. The van der Waals surface area contributed by atoms with E-state index in [4.69, 9.17) is 0 Å². The van der Waals surface area contributed by atoms with Gasteiger partial charge in [-0.1, -0.05) is 0 Å². The number of halogens is 3. The Morgan fingerprint density at radius 2 is 2.38 bits per heavy atom. The fourth-order valence-corrected chi connectivity index (χ4v) is 1.16. The Balaban J connectivity index is 3.11. The number of carbonyl (C=O) groups is 1. The van der Waals surface area contributed by atoms with Gasteiger partial charge in [0.05, 0.1) is 7.11 Å². The Kier molecular flexibility index (Phi) is 2.97. The Morgan fingerprint density at radius 3 is 2.85 bits per heavy atom. The average Bonchev–Trinajstić information content (AvgIpc) is 2.46. The van der Waals surface area contributed by atoms with Crippen LogP contribution >= 0.6 is 15.9 Å². The highest BCUT2D eigenvalue weighted by molar-refractivity contribution is 9.10. The van der Waals surface area contributed by atoms with Gasteiger partial charge in [-0.05, 0) is 15.9 Å². The first-order valence-electron chi connectivity index (χ1n) is 3.17. The summed E-state index contributed by atoms with van der Waals surface area (Å²) in [6, 6.07) is 1.16. The molecule has 4 nitrogen and oxygen atoms in total. The summed E-state index contributed by atoms with van der Waals surface area (Å²) in [5.74, 6) is -0.849. The van der Waals surface area contributed by atoms with Crippen molar-refractivity contribution < 1.29 is 18.3 Å². The van der Waals surface area contributed by atoms with E-state index in [0.29, 0.717) is 0 Å². The molecule has 1 heterocycles. The molecule has 0 bridgehead atoms. The summed E-state index contributed by atoms with van der Waals surface area (Å²) in [6.45, 7) is -2.86. The topological polar surface area (TPSA) is 44.1 Å². The molecule has 0 spiro atoms. The van der Waals surface area contributed by atoms with Gasteiger partial charge >= 0.3 is 12.5 Å². The van der Waals surface area contributed by atoms with Crippen LogP contribution in [0.4, 0.5) is 8.78 Å². The highest BCUT2D eigenvalue weighted by Gasteiger charge is 2.20. The highest BCUT2D eigenvalue weighted by Crippen LogP contribution is 2.18. The van der Waals surface area contributed by atoms with E-state index in [9.17, 15) is 13.6 Å². The first kappa shape index (κ1) is 10.1. The minimum absolute atomic E-state index is 0.160. The molecule has 1 aromatic rings. The molecule has 1 rings (SSSR count). The summed E-state index contributed by atoms with van der Waals surface area (Å²) in [7, 11) is 1.11. The van der Waals surface area contributed by atoms with Gasteiger partial charge in [-0.25, -0.2) is 4.79 Å². The number of esters is 1. The number of hydrogen-bond donors (Lipinski definition) is 0. The van der Waals surface area contributed by atoms with E-state index in [0.717, 1.165) is 13.2 Å². The Morgan fingerprint density at radius 1 is 1.77 bits per heavy atom. The third-order valence-corrected chi connectivity index (χ3v) is 1.67. The number of ether oxygens (including phenoxy) is 1. The van der Waals surface area contributed by atoms with Gasteiger partial charge in [0.1, 0.15) is 4.60 Å². The van der Waals surface area contributed by atoms with Crippen molar-refractivity contribution >= 4 is 21.9 Å². The van der Waals surface area contributed by atoms with Crippen LogP contribution in [-0.4, -0.2) is 22.9 Å². The van der Waals surface area contributed by atoms with Gasteiger partial charge in [-0.15, -0.1) is 0 Å². The number of carbonyl (C=O) groups excluding carboxylic acids is 1. The molecular weight excluding hydrogens is 250 g/mol. The molecule has 0 saturated carbocycles. The fourth-order valence-electron chi connectivity index (χ4n) is 0.770. The molecule has 0 saturated heterocycles. The lowest BCUT2D eigenvalue weighted by Crippen LogP contribution is -2.12. The second-order valence-electron chi connectivity index (χ2n) is 2.07. The first-order chi connectivity index (χ1) is 6.06. The fraction of sp³-hybridized carbons (Fsp3) is 0.333. The van der Waals surface area contributed by atoms with Crippen LogP contribution in [-0.2, 0) is 4.74 Å². The third-order valence-electron chi connectivity index (χ3n) is 1.29.